The molecule has 5 heteroatoms. The number of aromatic nitrogens is 1. The van der Waals surface area contributed by atoms with Crippen LogP contribution in [0.1, 0.15) is 36.4 Å². The van der Waals surface area contributed by atoms with Crippen LogP contribution in [0.2, 0.25) is 0 Å². The van der Waals surface area contributed by atoms with E-state index < -0.39 is 5.97 Å². The first-order chi connectivity index (χ1) is 8.63. The Morgan fingerprint density at radius 2 is 2.28 bits per heavy atom. The number of rotatable bonds is 5. The van der Waals surface area contributed by atoms with Gasteiger partial charge < -0.3 is 5.11 Å². The Morgan fingerprint density at radius 1 is 1.56 bits per heavy atom. The summed E-state index contributed by atoms with van der Waals surface area (Å²) in [6.45, 7) is 5.12. The van der Waals surface area contributed by atoms with Crippen molar-refractivity contribution in [2.24, 2.45) is 5.92 Å². The zero-order chi connectivity index (χ0) is 13.0. The molecule has 0 spiro atoms. The van der Waals surface area contributed by atoms with Gasteiger partial charge in [0.25, 0.3) is 0 Å². The van der Waals surface area contributed by atoms with Gasteiger partial charge in [-0.05, 0) is 45.2 Å². The van der Waals surface area contributed by atoms with Crippen molar-refractivity contribution in [3.8, 4) is 0 Å². The second kappa shape index (κ2) is 6.29. The molecule has 0 aliphatic carbocycles. The van der Waals surface area contributed by atoms with Crippen molar-refractivity contribution in [2.75, 3.05) is 13.1 Å². The van der Waals surface area contributed by atoms with Crippen LogP contribution in [-0.2, 0) is 11.3 Å². The highest BCUT2D eigenvalue weighted by atomic mass is 32.1. The lowest BCUT2D eigenvalue weighted by Crippen LogP contribution is -2.33. The van der Waals surface area contributed by atoms with E-state index in [2.05, 4.69) is 15.3 Å². The number of carboxylic acid groups (broad SMARTS) is 1. The number of carbonyl (C=O) groups is 1. The lowest BCUT2D eigenvalue weighted by atomic mass is 9.92. The molecule has 2 heterocycles. The van der Waals surface area contributed by atoms with E-state index in [1.807, 2.05) is 6.92 Å². The van der Waals surface area contributed by atoms with Crippen LogP contribution >= 0.6 is 11.3 Å². The lowest BCUT2D eigenvalue weighted by Gasteiger charge is -2.31. The zero-order valence-electron chi connectivity index (χ0n) is 10.8. The molecule has 1 N–H and O–H groups in total. The second-order valence-electron chi connectivity index (χ2n) is 5.01. The standard InChI is InChI=1S/C13H20N2O2S/c1-10-14-12(9-18-10)8-15-6-4-11(5-7-15)2-3-13(16)17/h9,11H,2-8H2,1H3,(H,16,17). The van der Waals surface area contributed by atoms with E-state index in [1.165, 1.54) is 5.69 Å². The Kier molecular flexibility index (Phi) is 4.72. The molecule has 0 amide bonds. The first-order valence-electron chi connectivity index (χ1n) is 6.48. The molecule has 0 radical (unpaired) electrons. The van der Waals surface area contributed by atoms with Crippen LogP contribution in [0.5, 0.6) is 0 Å². The van der Waals surface area contributed by atoms with Crippen molar-refractivity contribution in [1.82, 2.24) is 9.88 Å². The fourth-order valence-corrected chi connectivity index (χ4v) is 3.07. The van der Waals surface area contributed by atoms with E-state index in [9.17, 15) is 4.79 Å². The summed E-state index contributed by atoms with van der Waals surface area (Å²) in [6.07, 6.45) is 3.39. The third-order valence-corrected chi connectivity index (χ3v) is 4.35. The minimum atomic E-state index is -0.671. The molecule has 1 aromatic heterocycles. The Labute approximate surface area is 112 Å². The molecule has 0 bridgehead atoms. The number of carboxylic acids is 1. The van der Waals surface area contributed by atoms with Crippen LogP contribution in [-0.4, -0.2) is 34.0 Å². The van der Waals surface area contributed by atoms with E-state index in [-0.39, 0.29) is 0 Å². The normalized spacial score (nSPS) is 18.1. The fraction of sp³-hybridized carbons (Fsp3) is 0.692. The van der Waals surface area contributed by atoms with Gasteiger partial charge in [-0.1, -0.05) is 0 Å². The third kappa shape index (κ3) is 4.07. The predicted octanol–water partition coefficient (Wildman–Crippen LogP) is 2.53. The maximum atomic E-state index is 10.5. The van der Waals surface area contributed by atoms with Crippen molar-refractivity contribution < 1.29 is 9.90 Å². The van der Waals surface area contributed by atoms with Crippen LogP contribution in [0.4, 0.5) is 0 Å². The highest BCUT2D eigenvalue weighted by Gasteiger charge is 2.20. The quantitative estimate of drug-likeness (QED) is 0.891. The summed E-state index contributed by atoms with van der Waals surface area (Å²) in [5.41, 5.74) is 1.17. The number of hydrogen-bond acceptors (Lipinski definition) is 4. The summed E-state index contributed by atoms with van der Waals surface area (Å²) in [5.74, 6) is -0.0788. The molecule has 1 aromatic rings. The van der Waals surface area contributed by atoms with Gasteiger partial charge in [-0.15, -0.1) is 11.3 Å². The van der Waals surface area contributed by atoms with Crippen molar-refractivity contribution in [3.05, 3.63) is 16.1 Å². The minimum absolute atomic E-state index is 0.315. The number of aryl methyl sites for hydroxylation is 1. The number of piperidine rings is 1. The van der Waals surface area contributed by atoms with Crippen LogP contribution in [0.3, 0.4) is 0 Å². The van der Waals surface area contributed by atoms with Crippen LogP contribution in [0.15, 0.2) is 5.38 Å². The Hall–Kier alpha value is -0.940. The van der Waals surface area contributed by atoms with Crippen molar-refractivity contribution in [2.45, 2.75) is 39.2 Å². The first-order valence-corrected chi connectivity index (χ1v) is 7.36. The summed E-state index contributed by atoms with van der Waals surface area (Å²) < 4.78 is 0. The van der Waals surface area contributed by atoms with E-state index in [0.717, 1.165) is 43.9 Å². The summed E-state index contributed by atoms with van der Waals surface area (Å²) in [4.78, 5) is 17.4. The fourth-order valence-electron chi connectivity index (χ4n) is 2.47. The van der Waals surface area contributed by atoms with Crippen LogP contribution in [0.25, 0.3) is 0 Å². The smallest absolute Gasteiger partial charge is 0.303 e. The molecule has 0 unspecified atom stereocenters. The molecule has 0 saturated carbocycles. The van der Waals surface area contributed by atoms with Crippen LogP contribution in [0, 0.1) is 12.8 Å². The largest absolute Gasteiger partial charge is 0.481 e. The molecule has 100 valence electrons. The lowest BCUT2D eigenvalue weighted by molar-refractivity contribution is -0.137. The monoisotopic (exact) mass is 268 g/mol. The maximum absolute atomic E-state index is 10.5. The molecule has 0 atom stereocenters. The number of hydrogen-bond donors (Lipinski definition) is 1. The molecule has 1 saturated heterocycles. The predicted molar refractivity (Wildman–Crippen MR) is 71.7 cm³/mol. The van der Waals surface area contributed by atoms with Crippen molar-refractivity contribution >= 4 is 17.3 Å². The van der Waals surface area contributed by atoms with Crippen molar-refractivity contribution in [1.29, 1.82) is 0 Å². The second-order valence-corrected chi connectivity index (χ2v) is 6.07. The number of nitrogens with zero attached hydrogens (tertiary/aromatic N) is 2. The molecule has 1 fully saturated rings. The highest BCUT2D eigenvalue weighted by molar-refractivity contribution is 7.09. The maximum Gasteiger partial charge on any atom is 0.303 e. The van der Waals surface area contributed by atoms with Gasteiger partial charge in [0.2, 0.25) is 0 Å². The van der Waals surface area contributed by atoms with Gasteiger partial charge in [0.05, 0.1) is 10.7 Å². The molecule has 2 rings (SSSR count). The summed E-state index contributed by atoms with van der Waals surface area (Å²) in [6, 6.07) is 0. The third-order valence-electron chi connectivity index (χ3n) is 3.53. The topological polar surface area (TPSA) is 53.4 Å². The van der Waals surface area contributed by atoms with Gasteiger partial charge >= 0.3 is 5.97 Å². The first kappa shape index (κ1) is 13.5. The van der Waals surface area contributed by atoms with Gasteiger partial charge in [0, 0.05) is 18.3 Å². The zero-order valence-corrected chi connectivity index (χ0v) is 11.6. The van der Waals surface area contributed by atoms with Gasteiger partial charge in [-0.25, -0.2) is 4.98 Å². The molecular weight excluding hydrogens is 248 g/mol. The Morgan fingerprint density at radius 3 is 2.83 bits per heavy atom. The molecule has 18 heavy (non-hydrogen) atoms. The van der Waals surface area contributed by atoms with E-state index >= 15 is 0 Å². The van der Waals surface area contributed by atoms with Gasteiger partial charge in [0.1, 0.15) is 0 Å². The Bertz CT molecular complexity index is 397. The molecule has 0 aromatic carbocycles. The van der Waals surface area contributed by atoms with Crippen LogP contribution < -0.4 is 0 Å². The average molecular weight is 268 g/mol. The van der Waals surface area contributed by atoms with Gasteiger partial charge in [0.15, 0.2) is 0 Å². The molecule has 1 aliphatic rings. The molecular formula is C13H20N2O2S. The van der Waals surface area contributed by atoms with Crippen molar-refractivity contribution in [3.63, 3.8) is 0 Å². The van der Waals surface area contributed by atoms with Gasteiger partial charge in [-0.3, -0.25) is 9.69 Å². The highest BCUT2D eigenvalue weighted by Crippen LogP contribution is 2.23. The minimum Gasteiger partial charge on any atom is -0.481 e. The summed E-state index contributed by atoms with van der Waals surface area (Å²) in [7, 11) is 0. The van der Waals surface area contributed by atoms with E-state index in [0.29, 0.717) is 12.3 Å². The molecule has 4 nitrogen and oxygen atoms in total. The van der Waals surface area contributed by atoms with E-state index in [1.54, 1.807) is 11.3 Å². The summed E-state index contributed by atoms with van der Waals surface area (Å²) >= 11 is 1.70. The summed E-state index contributed by atoms with van der Waals surface area (Å²) in [5, 5.41) is 11.9. The SMILES string of the molecule is Cc1nc(CN2CCC(CCC(=O)O)CC2)cs1. The number of aliphatic carboxylic acids is 1. The average Bonchev–Trinajstić information content (AvgIpc) is 2.74. The molecule has 1 aliphatic heterocycles. The Balaban J connectivity index is 1.71. The number of likely N-dealkylation sites (tertiary alicyclic amines) is 1. The van der Waals surface area contributed by atoms with Gasteiger partial charge in [-0.2, -0.15) is 0 Å². The van der Waals surface area contributed by atoms with E-state index in [4.69, 9.17) is 5.11 Å². The number of thiazole rings is 1.